The van der Waals surface area contributed by atoms with Gasteiger partial charge in [0.15, 0.2) is 11.5 Å². The van der Waals surface area contributed by atoms with Crippen LogP contribution in [-0.2, 0) is 6.42 Å². The van der Waals surface area contributed by atoms with E-state index >= 15 is 0 Å². The van der Waals surface area contributed by atoms with Gasteiger partial charge in [-0.05, 0) is 48.0 Å². The van der Waals surface area contributed by atoms with E-state index in [1.165, 1.54) is 30.3 Å². The van der Waals surface area contributed by atoms with Gasteiger partial charge in [0.1, 0.15) is 5.82 Å². The van der Waals surface area contributed by atoms with E-state index in [9.17, 15) is 9.59 Å². The van der Waals surface area contributed by atoms with Crippen LogP contribution in [0, 0.1) is 0 Å². The number of hydrogen-bond donors (Lipinski definition) is 0. The highest BCUT2D eigenvalue weighted by atomic mass is 16.6. The minimum atomic E-state index is -0.633. The maximum atomic E-state index is 12.9. The number of nitrogens with zero attached hydrogens (tertiary/aromatic N) is 3. The SMILES string of the molecule is CCc1nc2ccccc2c(=O)n1N=Cc1ccc(OC(=O)c2ccco2)c(OC)c1. The van der Waals surface area contributed by atoms with Crippen molar-refractivity contribution >= 4 is 23.1 Å². The summed E-state index contributed by atoms with van der Waals surface area (Å²) < 4.78 is 17.0. The Morgan fingerprint density at radius 3 is 2.74 bits per heavy atom. The van der Waals surface area contributed by atoms with Crippen molar-refractivity contribution in [1.29, 1.82) is 0 Å². The third-order valence-electron chi connectivity index (χ3n) is 4.57. The molecule has 4 aromatic rings. The quantitative estimate of drug-likeness (QED) is 0.270. The molecule has 2 aromatic carbocycles. The van der Waals surface area contributed by atoms with Crippen molar-refractivity contribution < 1.29 is 18.7 Å². The second-order valence-corrected chi connectivity index (χ2v) is 6.54. The van der Waals surface area contributed by atoms with E-state index in [4.69, 9.17) is 13.9 Å². The molecule has 0 amide bonds. The third kappa shape index (κ3) is 4.09. The van der Waals surface area contributed by atoms with Gasteiger partial charge < -0.3 is 13.9 Å². The fraction of sp³-hybridized carbons (Fsp3) is 0.130. The number of furan rings is 1. The molecule has 0 unspecified atom stereocenters. The van der Waals surface area contributed by atoms with Crippen LogP contribution < -0.4 is 15.0 Å². The maximum absolute atomic E-state index is 12.9. The molecule has 0 radical (unpaired) electrons. The van der Waals surface area contributed by atoms with Gasteiger partial charge in [-0.25, -0.2) is 9.78 Å². The number of aromatic nitrogens is 2. The Labute approximate surface area is 177 Å². The number of rotatable bonds is 6. The number of fused-ring (bicyclic) bond motifs is 1. The third-order valence-corrected chi connectivity index (χ3v) is 4.57. The molecule has 2 heterocycles. The smallest absolute Gasteiger partial charge is 0.379 e. The van der Waals surface area contributed by atoms with Crippen molar-refractivity contribution in [1.82, 2.24) is 9.66 Å². The molecule has 8 nitrogen and oxygen atoms in total. The average Bonchev–Trinajstić information content (AvgIpc) is 3.34. The van der Waals surface area contributed by atoms with E-state index in [0.717, 1.165) is 0 Å². The lowest BCUT2D eigenvalue weighted by Gasteiger charge is -2.09. The van der Waals surface area contributed by atoms with E-state index in [1.807, 2.05) is 13.0 Å². The molecule has 0 aliphatic heterocycles. The molecule has 2 aromatic heterocycles. The lowest BCUT2D eigenvalue weighted by molar-refractivity contribution is 0.0696. The minimum absolute atomic E-state index is 0.0861. The first-order valence-electron chi connectivity index (χ1n) is 9.59. The van der Waals surface area contributed by atoms with Gasteiger partial charge in [-0.2, -0.15) is 9.78 Å². The molecular formula is C23H19N3O5. The summed E-state index contributed by atoms with van der Waals surface area (Å²) in [7, 11) is 1.47. The monoisotopic (exact) mass is 417 g/mol. The van der Waals surface area contributed by atoms with Crippen molar-refractivity contribution in [2.45, 2.75) is 13.3 Å². The van der Waals surface area contributed by atoms with Crippen LogP contribution in [0.5, 0.6) is 11.5 Å². The van der Waals surface area contributed by atoms with Gasteiger partial charge in [0.25, 0.3) is 5.56 Å². The van der Waals surface area contributed by atoms with Gasteiger partial charge in [0.2, 0.25) is 5.76 Å². The Bertz CT molecular complexity index is 1320. The number of carbonyl (C=O) groups is 1. The number of carbonyl (C=O) groups excluding carboxylic acids is 1. The van der Waals surface area contributed by atoms with Crippen LogP contribution in [0.1, 0.15) is 28.9 Å². The van der Waals surface area contributed by atoms with Gasteiger partial charge in [-0.1, -0.05) is 19.1 Å². The number of esters is 1. The molecule has 0 saturated carbocycles. The number of benzene rings is 2. The van der Waals surface area contributed by atoms with Crippen molar-refractivity contribution in [3.8, 4) is 11.5 Å². The molecule has 156 valence electrons. The summed E-state index contributed by atoms with van der Waals surface area (Å²) in [5.74, 6) is 0.577. The highest BCUT2D eigenvalue weighted by Crippen LogP contribution is 2.28. The maximum Gasteiger partial charge on any atom is 0.379 e. The Balaban J connectivity index is 1.65. The molecule has 0 bridgehead atoms. The predicted molar refractivity (Wildman–Crippen MR) is 115 cm³/mol. The van der Waals surface area contributed by atoms with E-state index < -0.39 is 5.97 Å². The molecule has 31 heavy (non-hydrogen) atoms. The van der Waals surface area contributed by atoms with Gasteiger partial charge in [-0.3, -0.25) is 4.79 Å². The van der Waals surface area contributed by atoms with Gasteiger partial charge in [0.05, 0.1) is 30.5 Å². The first-order chi connectivity index (χ1) is 15.1. The average molecular weight is 417 g/mol. The lowest BCUT2D eigenvalue weighted by Crippen LogP contribution is -2.22. The van der Waals surface area contributed by atoms with Crippen molar-refractivity contribution in [3.05, 3.63) is 88.4 Å². The number of ether oxygens (including phenoxy) is 2. The van der Waals surface area contributed by atoms with Gasteiger partial charge in [0, 0.05) is 6.42 Å². The zero-order valence-electron chi connectivity index (χ0n) is 16.9. The van der Waals surface area contributed by atoms with Crippen LogP contribution in [0.25, 0.3) is 10.9 Å². The number of methoxy groups -OCH3 is 1. The zero-order chi connectivity index (χ0) is 21.8. The standard InChI is InChI=1S/C23H19N3O5/c1-3-21-25-17-8-5-4-7-16(17)22(27)26(21)24-14-15-10-11-18(20(13-15)29-2)31-23(28)19-9-6-12-30-19/h4-14H,3H2,1-2H3. The Kier molecular flexibility index (Phi) is 5.61. The van der Waals surface area contributed by atoms with Crippen LogP contribution in [0.2, 0.25) is 0 Å². The number of para-hydroxylation sites is 1. The summed E-state index contributed by atoms with van der Waals surface area (Å²) in [6, 6.07) is 15.2. The Morgan fingerprint density at radius 2 is 2.00 bits per heavy atom. The summed E-state index contributed by atoms with van der Waals surface area (Å²) >= 11 is 0. The highest BCUT2D eigenvalue weighted by Gasteiger charge is 2.15. The Hall–Kier alpha value is -4.20. The molecule has 0 aliphatic carbocycles. The van der Waals surface area contributed by atoms with Crippen LogP contribution in [0.3, 0.4) is 0 Å². The summed E-state index contributed by atoms with van der Waals surface area (Å²) in [6.07, 6.45) is 3.46. The van der Waals surface area contributed by atoms with E-state index in [0.29, 0.717) is 34.5 Å². The van der Waals surface area contributed by atoms with Gasteiger partial charge in [-0.15, -0.1) is 0 Å². The van der Waals surface area contributed by atoms with Crippen LogP contribution in [0.4, 0.5) is 0 Å². The van der Waals surface area contributed by atoms with Crippen molar-refractivity contribution in [3.63, 3.8) is 0 Å². The van der Waals surface area contributed by atoms with Crippen molar-refractivity contribution in [2.75, 3.05) is 7.11 Å². The van der Waals surface area contributed by atoms with E-state index in [2.05, 4.69) is 10.1 Å². The number of aryl methyl sites for hydroxylation is 1. The molecule has 0 spiro atoms. The van der Waals surface area contributed by atoms with Crippen LogP contribution >= 0.6 is 0 Å². The largest absolute Gasteiger partial charge is 0.493 e. The zero-order valence-corrected chi connectivity index (χ0v) is 16.9. The predicted octanol–water partition coefficient (Wildman–Crippen LogP) is 3.66. The normalized spacial score (nSPS) is 11.2. The summed E-state index contributed by atoms with van der Waals surface area (Å²) in [6.45, 7) is 1.91. The molecule has 0 fully saturated rings. The topological polar surface area (TPSA) is 95.9 Å². The summed E-state index contributed by atoms with van der Waals surface area (Å²) in [5, 5.41) is 4.84. The molecule has 0 atom stereocenters. The van der Waals surface area contributed by atoms with Crippen molar-refractivity contribution in [2.24, 2.45) is 5.10 Å². The molecule has 0 aliphatic rings. The second-order valence-electron chi connectivity index (χ2n) is 6.54. The van der Waals surface area contributed by atoms with E-state index in [1.54, 1.807) is 42.5 Å². The first kappa shape index (κ1) is 20.1. The molecular weight excluding hydrogens is 398 g/mol. The van der Waals surface area contributed by atoms with Crippen LogP contribution in [-0.4, -0.2) is 29.0 Å². The van der Waals surface area contributed by atoms with Crippen LogP contribution in [0.15, 0.2) is 75.2 Å². The first-order valence-corrected chi connectivity index (χ1v) is 9.59. The molecule has 0 N–H and O–H groups in total. The highest BCUT2D eigenvalue weighted by molar-refractivity contribution is 5.89. The molecule has 8 heteroatoms. The van der Waals surface area contributed by atoms with Gasteiger partial charge >= 0.3 is 5.97 Å². The Morgan fingerprint density at radius 1 is 1.16 bits per heavy atom. The fourth-order valence-corrected chi connectivity index (χ4v) is 3.04. The lowest BCUT2D eigenvalue weighted by atomic mass is 10.2. The summed E-state index contributed by atoms with van der Waals surface area (Å²) in [4.78, 5) is 29.5. The summed E-state index contributed by atoms with van der Waals surface area (Å²) in [5.41, 5.74) is 1.05. The fourth-order valence-electron chi connectivity index (χ4n) is 3.04. The minimum Gasteiger partial charge on any atom is -0.493 e. The molecule has 0 saturated heterocycles. The number of hydrogen-bond acceptors (Lipinski definition) is 7. The van der Waals surface area contributed by atoms with E-state index in [-0.39, 0.29) is 17.1 Å². The second kappa shape index (κ2) is 8.66. The molecule has 4 rings (SSSR count).